The third-order valence-electron chi connectivity index (χ3n) is 8.05. The Morgan fingerprint density at radius 2 is 0.596 bits per heavy atom. The Kier molecular flexibility index (Phi) is 15.2. The number of ether oxygens (including phenoxy) is 3. The van der Waals surface area contributed by atoms with Gasteiger partial charge in [-0.05, 0) is 207 Å². The third-order valence-corrected chi connectivity index (χ3v) is 10.2. The Labute approximate surface area is 322 Å². The van der Waals surface area contributed by atoms with E-state index in [2.05, 4.69) is 163 Å². The van der Waals surface area contributed by atoms with Gasteiger partial charge in [-0.15, -0.1) is 0 Å². The van der Waals surface area contributed by atoms with Gasteiger partial charge in [0.2, 0.25) is 0 Å². The van der Waals surface area contributed by atoms with E-state index in [0.717, 1.165) is 36.5 Å². The quantitative estimate of drug-likeness (QED) is 0.117. The fourth-order valence-corrected chi connectivity index (χ4v) is 6.67. The standard InChI is InChI=1S/C33H33I3O3.C8H10/c1-4-28-31(19-37-25-13-7-22(34)8-14-25)29(5-2)33(21-39-27-17-11-24(36)12-18-27)30(6-3)32(28)20-38-26-15-9-23(35)10-16-26;1-7-3-5-8(2)6-4-7/h7-18H,4-6,19-21H2,1-3H3;3-6H,1-2H3. The molecule has 0 saturated carbocycles. The molecule has 0 amide bonds. The van der Waals surface area contributed by atoms with E-state index in [4.69, 9.17) is 14.2 Å². The molecule has 0 aliphatic rings. The first kappa shape index (κ1) is 37.5. The van der Waals surface area contributed by atoms with Gasteiger partial charge < -0.3 is 14.2 Å². The second-order valence-corrected chi connectivity index (χ2v) is 15.1. The number of benzene rings is 5. The summed E-state index contributed by atoms with van der Waals surface area (Å²) < 4.78 is 22.7. The van der Waals surface area contributed by atoms with Gasteiger partial charge in [0, 0.05) is 10.7 Å². The molecular weight excluding hydrogens is 921 g/mol. The van der Waals surface area contributed by atoms with Crippen LogP contribution < -0.4 is 14.2 Å². The molecule has 0 spiro atoms. The summed E-state index contributed by atoms with van der Waals surface area (Å²) in [6, 6.07) is 33.2. The summed E-state index contributed by atoms with van der Waals surface area (Å²) >= 11 is 6.97. The van der Waals surface area contributed by atoms with E-state index in [1.165, 1.54) is 55.2 Å². The van der Waals surface area contributed by atoms with E-state index >= 15 is 0 Å². The molecule has 0 unspecified atom stereocenters. The van der Waals surface area contributed by atoms with Gasteiger partial charge in [-0.2, -0.15) is 0 Å². The summed E-state index contributed by atoms with van der Waals surface area (Å²) in [5.41, 5.74) is 10.4. The number of hydrogen-bond donors (Lipinski definition) is 0. The molecule has 5 aromatic rings. The summed E-state index contributed by atoms with van der Waals surface area (Å²) in [5.74, 6) is 2.65. The number of rotatable bonds is 12. The lowest BCUT2D eigenvalue weighted by atomic mass is 9.84. The first-order chi connectivity index (χ1) is 22.7. The predicted molar refractivity (Wildman–Crippen MR) is 221 cm³/mol. The van der Waals surface area contributed by atoms with Crippen LogP contribution in [0.5, 0.6) is 17.2 Å². The summed E-state index contributed by atoms with van der Waals surface area (Å²) in [4.78, 5) is 0. The molecule has 0 saturated heterocycles. The summed E-state index contributed by atoms with van der Waals surface area (Å²) in [7, 11) is 0. The van der Waals surface area contributed by atoms with E-state index < -0.39 is 0 Å². The zero-order valence-corrected chi connectivity index (χ0v) is 34.3. The molecule has 246 valence electrons. The largest absolute Gasteiger partial charge is 0.489 e. The number of halogens is 3. The summed E-state index contributed by atoms with van der Waals surface area (Å²) in [6.07, 6.45) is 2.74. The highest BCUT2D eigenvalue weighted by Gasteiger charge is 2.23. The van der Waals surface area contributed by atoms with E-state index in [1.807, 2.05) is 36.4 Å². The normalized spacial score (nSPS) is 10.6. The number of aryl methyl sites for hydroxylation is 2. The minimum absolute atomic E-state index is 0.518. The Balaban J connectivity index is 0.000000546. The lowest BCUT2D eigenvalue weighted by Gasteiger charge is -2.26. The Bertz CT molecular complexity index is 1480. The molecule has 0 aliphatic heterocycles. The monoisotopic (exact) mass is 964 g/mol. The van der Waals surface area contributed by atoms with Crippen molar-refractivity contribution >= 4 is 67.8 Å². The maximum absolute atomic E-state index is 6.38. The summed E-state index contributed by atoms with van der Waals surface area (Å²) in [6.45, 7) is 12.5. The predicted octanol–water partition coefficient (Wildman–Crippen LogP) is 12.2. The van der Waals surface area contributed by atoms with Crippen LogP contribution in [0.1, 0.15) is 65.3 Å². The first-order valence-electron chi connectivity index (χ1n) is 16.1. The van der Waals surface area contributed by atoms with Crippen LogP contribution in [0.25, 0.3) is 0 Å². The van der Waals surface area contributed by atoms with Crippen LogP contribution in [0.15, 0.2) is 97.1 Å². The van der Waals surface area contributed by atoms with Crippen LogP contribution in [0, 0.1) is 24.6 Å². The van der Waals surface area contributed by atoms with Crippen LogP contribution in [-0.4, -0.2) is 0 Å². The zero-order chi connectivity index (χ0) is 33.8. The van der Waals surface area contributed by atoms with E-state index in [9.17, 15) is 0 Å². The molecule has 0 aliphatic carbocycles. The average molecular weight is 965 g/mol. The molecule has 5 aromatic carbocycles. The molecule has 0 radical (unpaired) electrons. The molecule has 47 heavy (non-hydrogen) atoms. The molecule has 0 fully saturated rings. The van der Waals surface area contributed by atoms with Crippen LogP contribution in [-0.2, 0) is 39.1 Å². The van der Waals surface area contributed by atoms with Gasteiger partial charge in [0.05, 0.1) is 0 Å². The van der Waals surface area contributed by atoms with Crippen molar-refractivity contribution in [2.45, 2.75) is 73.7 Å². The van der Waals surface area contributed by atoms with Crippen molar-refractivity contribution in [2.24, 2.45) is 0 Å². The lowest BCUT2D eigenvalue weighted by Crippen LogP contribution is -2.17. The Morgan fingerprint density at radius 1 is 0.362 bits per heavy atom. The molecule has 3 nitrogen and oxygen atoms in total. The van der Waals surface area contributed by atoms with Crippen molar-refractivity contribution in [1.82, 2.24) is 0 Å². The van der Waals surface area contributed by atoms with Gasteiger partial charge in [0.15, 0.2) is 0 Å². The molecule has 0 aromatic heterocycles. The molecule has 0 N–H and O–H groups in total. The second-order valence-electron chi connectivity index (χ2n) is 11.3. The van der Waals surface area contributed by atoms with Crippen molar-refractivity contribution in [1.29, 1.82) is 0 Å². The lowest BCUT2D eigenvalue weighted by molar-refractivity contribution is 0.288. The second kappa shape index (κ2) is 19.0. The van der Waals surface area contributed by atoms with Crippen LogP contribution in [0.4, 0.5) is 0 Å². The fourth-order valence-electron chi connectivity index (χ4n) is 5.59. The van der Waals surface area contributed by atoms with Gasteiger partial charge in [-0.25, -0.2) is 0 Å². The maximum Gasteiger partial charge on any atom is 0.119 e. The van der Waals surface area contributed by atoms with Crippen LogP contribution in [0.2, 0.25) is 0 Å². The molecular formula is C41H43I3O3. The molecule has 0 heterocycles. The van der Waals surface area contributed by atoms with Crippen molar-refractivity contribution < 1.29 is 14.2 Å². The topological polar surface area (TPSA) is 27.7 Å². The fraction of sp³-hybridized carbons (Fsp3) is 0.268. The maximum atomic E-state index is 6.38. The van der Waals surface area contributed by atoms with Gasteiger partial charge in [-0.1, -0.05) is 56.2 Å². The minimum Gasteiger partial charge on any atom is -0.489 e. The zero-order valence-electron chi connectivity index (χ0n) is 27.8. The highest BCUT2D eigenvalue weighted by Crippen LogP contribution is 2.33. The van der Waals surface area contributed by atoms with E-state index in [-0.39, 0.29) is 0 Å². The highest BCUT2D eigenvalue weighted by molar-refractivity contribution is 14.1. The van der Waals surface area contributed by atoms with Crippen molar-refractivity contribution in [3.05, 3.63) is 152 Å². The van der Waals surface area contributed by atoms with E-state index in [0.29, 0.717) is 19.8 Å². The van der Waals surface area contributed by atoms with Crippen molar-refractivity contribution in [3.8, 4) is 17.2 Å². The average Bonchev–Trinajstić information content (AvgIpc) is 3.08. The van der Waals surface area contributed by atoms with Gasteiger partial charge >= 0.3 is 0 Å². The number of hydrogen-bond acceptors (Lipinski definition) is 3. The van der Waals surface area contributed by atoms with Gasteiger partial charge in [-0.3, -0.25) is 0 Å². The smallest absolute Gasteiger partial charge is 0.119 e. The van der Waals surface area contributed by atoms with Crippen molar-refractivity contribution in [3.63, 3.8) is 0 Å². The van der Waals surface area contributed by atoms with Crippen molar-refractivity contribution in [2.75, 3.05) is 0 Å². The molecule has 0 atom stereocenters. The van der Waals surface area contributed by atoms with Gasteiger partial charge in [0.25, 0.3) is 0 Å². The SMILES string of the molecule is CCc1c(COc2ccc(I)cc2)c(CC)c(COc2ccc(I)cc2)c(CC)c1COc1ccc(I)cc1.Cc1ccc(C)cc1. The highest BCUT2D eigenvalue weighted by atomic mass is 127. The third kappa shape index (κ3) is 11.1. The Morgan fingerprint density at radius 3 is 0.809 bits per heavy atom. The van der Waals surface area contributed by atoms with E-state index in [1.54, 1.807) is 0 Å². The molecule has 0 bridgehead atoms. The first-order valence-corrected chi connectivity index (χ1v) is 19.3. The summed E-state index contributed by atoms with van der Waals surface area (Å²) in [5, 5.41) is 0. The molecule has 5 rings (SSSR count). The van der Waals surface area contributed by atoms with Gasteiger partial charge in [0.1, 0.15) is 37.1 Å². The molecule has 6 heteroatoms. The Hall–Kier alpha value is -2.31. The van der Waals surface area contributed by atoms with Crippen LogP contribution >= 0.6 is 67.8 Å². The van der Waals surface area contributed by atoms with Crippen LogP contribution in [0.3, 0.4) is 0 Å². The minimum atomic E-state index is 0.518.